The molecule has 1 aliphatic heterocycles. The third-order valence-electron chi connectivity index (χ3n) is 6.48. The van der Waals surface area contributed by atoms with Crippen LogP contribution in [0.25, 0.3) is 11.3 Å². The Kier molecular flexibility index (Phi) is 7.72. The quantitative estimate of drug-likeness (QED) is 0.364. The second kappa shape index (κ2) is 10.5. The van der Waals surface area contributed by atoms with Gasteiger partial charge in [-0.25, -0.2) is 18.4 Å². The molecule has 38 heavy (non-hydrogen) atoms. The summed E-state index contributed by atoms with van der Waals surface area (Å²) in [7, 11) is -4.01. The molecule has 8 nitrogen and oxygen atoms in total. The number of benzene rings is 1. The van der Waals surface area contributed by atoms with Crippen LogP contribution in [0.3, 0.4) is 0 Å². The Morgan fingerprint density at radius 2 is 1.92 bits per heavy atom. The van der Waals surface area contributed by atoms with E-state index in [2.05, 4.69) is 30.7 Å². The minimum absolute atomic E-state index is 0.0606. The van der Waals surface area contributed by atoms with Crippen LogP contribution in [0.2, 0.25) is 5.02 Å². The van der Waals surface area contributed by atoms with Crippen LogP contribution in [-0.4, -0.2) is 48.1 Å². The number of nitrogens with two attached hydrogens (primary N) is 1. The van der Waals surface area contributed by atoms with Crippen molar-refractivity contribution in [3.05, 3.63) is 59.1 Å². The highest BCUT2D eigenvalue weighted by Gasteiger charge is 2.39. The van der Waals surface area contributed by atoms with E-state index < -0.39 is 21.4 Å². The van der Waals surface area contributed by atoms with E-state index in [1.54, 1.807) is 18.2 Å². The monoisotopic (exact) mass is 556 g/mol. The number of carbonyl (C=O) groups excluding carboxylic acids is 1. The third-order valence-corrected chi connectivity index (χ3v) is 8.30. The minimum Gasteiger partial charge on any atom is -0.489 e. The van der Waals surface area contributed by atoms with Crippen molar-refractivity contribution in [2.45, 2.75) is 57.7 Å². The van der Waals surface area contributed by atoms with Gasteiger partial charge in [0.05, 0.1) is 22.4 Å². The number of ketones is 1. The standard InChI is InChI=1S/C28H33ClN4O4S/c1-17(2)37-24-13-19(9-11-21(24)29)22-12-10-20(27(31-22)33-15-18(3)14-28(33,4)5)23(34)16-38(35,36)26-8-6-7-25(30)32-26/h6-13,17-18H,14-16H2,1-5H3,(H2,30,32). The first-order valence-corrected chi connectivity index (χ1v) is 14.5. The lowest BCUT2D eigenvalue weighted by Crippen LogP contribution is -2.40. The fourth-order valence-corrected chi connectivity index (χ4v) is 6.27. The van der Waals surface area contributed by atoms with Crippen molar-refractivity contribution in [3.8, 4) is 17.0 Å². The van der Waals surface area contributed by atoms with E-state index in [1.807, 2.05) is 26.0 Å². The maximum atomic E-state index is 13.5. The zero-order chi connectivity index (χ0) is 27.8. The number of rotatable bonds is 8. The highest BCUT2D eigenvalue weighted by molar-refractivity contribution is 7.92. The van der Waals surface area contributed by atoms with Crippen molar-refractivity contribution in [2.24, 2.45) is 5.92 Å². The van der Waals surface area contributed by atoms with Gasteiger partial charge in [-0.3, -0.25) is 4.79 Å². The number of nitrogens with zero attached hydrogens (tertiary/aromatic N) is 3. The van der Waals surface area contributed by atoms with Gasteiger partial charge in [0.1, 0.15) is 23.1 Å². The Bertz CT molecular complexity index is 1470. The number of ether oxygens (including phenoxy) is 1. The molecule has 1 saturated heterocycles. The molecule has 2 aromatic heterocycles. The summed E-state index contributed by atoms with van der Waals surface area (Å²) in [5.74, 6) is 0.146. The highest BCUT2D eigenvalue weighted by atomic mass is 35.5. The average Bonchev–Trinajstić information content (AvgIpc) is 3.11. The molecule has 0 bridgehead atoms. The van der Waals surface area contributed by atoms with E-state index in [4.69, 9.17) is 27.1 Å². The van der Waals surface area contributed by atoms with E-state index in [0.29, 0.717) is 34.7 Å². The maximum absolute atomic E-state index is 13.5. The van der Waals surface area contributed by atoms with Crippen LogP contribution in [0.5, 0.6) is 5.75 Å². The van der Waals surface area contributed by atoms with E-state index >= 15 is 0 Å². The Hall–Kier alpha value is -3.17. The van der Waals surface area contributed by atoms with Gasteiger partial charge < -0.3 is 15.4 Å². The first-order valence-electron chi connectivity index (χ1n) is 12.5. The predicted octanol–water partition coefficient (Wildman–Crippen LogP) is 5.45. The average molecular weight is 557 g/mol. The van der Waals surface area contributed by atoms with Crippen molar-refractivity contribution in [3.63, 3.8) is 0 Å². The number of sulfone groups is 1. The van der Waals surface area contributed by atoms with Crippen LogP contribution in [0, 0.1) is 5.92 Å². The van der Waals surface area contributed by atoms with Gasteiger partial charge in [0.25, 0.3) is 0 Å². The molecule has 0 spiro atoms. The molecule has 1 unspecified atom stereocenters. The van der Waals surface area contributed by atoms with Crippen molar-refractivity contribution >= 4 is 38.9 Å². The summed E-state index contributed by atoms with van der Waals surface area (Å²) in [5, 5.41) is 0.260. The number of halogens is 1. The highest BCUT2D eigenvalue weighted by Crippen LogP contribution is 2.39. The first kappa shape index (κ1) is 27.9. The molecule has 0 radical (unpaired) electrons. The summed E-state index contributed by atoms with van der Waals surface area (Å²) >= 11 is 6.34. The molecule has 1 atom stereocenters. The number of nitrogen functional groups attached to an aromatic ring is 1. The molecule has 10 heteroatoms. The number of pyridine rings is 2. The van der Waals surface area contributed by atoms with E-state index in [9.17, 15) is 13.2 Å². The summed E-state index contributed by atoms with van der Waals surface area (Å²) in [4.78, 5) is 24.4. The summed E-state index contributed by atoms with van der Waals surface area (Å²) in [6.45, 7) is 10.9. The molecule has 202 valence electrons. The molecular formula is C28H33ClN4O4S. The van der Waals surface area contributed by atoms with E-state index in [1.165, 1.54) is 18.2 Å². The summed E-state index contributed by atoms with van der Waals surface area (Å²) in [5.41, 5.74) is 7.03. The molecule has 2 N–H and O–H groups in total. The molecule has 1 aliphatic rings. The molecule has 0 aliphatic carbocycles. The second-order valence-electron chi connectivity index (χ2n) is 10.7. The topological polar surface area (TPSA) is 115 Å². The number of anilines is 2. The van der Waals surface area contributed by atoms with Crippen LogP contribution in [0.15, 0.2) is 53.6 Å². The van der Waals surface area contributed by atoms with Crippen molar-refractivity contribution < 1.29 is 17.9 Å². The molecule has 0 saturated carbocycles. The summed E-state index contributed by atoms with van der Waals surface area (Å²) in [6, 6.07) is 13.1. The van der Waals surface area contributed by atoms with Gasteiger partial charge >= 0.3 is 0 Å². The van der Waals surface area contributed by atoms with E-state index in [-0.39, 0.29) is 28.1 Å². The number of hydrogen-bond donors (Lipinski definition) is 1. The zero-order valence-electron chi connectivity index (χ0n) is 22.2. The number of carbonyl (C=O) groups is 1. The van der Waals surface area contributed by atoms with E-state index in [0.717, 1.165) is 12.0 Å². The van der Waals surface area contributed by atoms with Crippen molar-refractivity contribution in [1.82, 2.24) is 9.97 Å². The fourth-order valence-electron chi connectivity index (χ4n) is 4.93. The van der Waals surface area contributed by atoms with Gasteiger partial charge in [0.15, 0.2) is 10.8 Å². The Labute approximate surface area is 229 Å². The van der Waals surface area contributed by atoms with Crippen LogP contribution in [0.4, 0.5) is 11.6 Å². The molecule has 3 heterocycles. The van der Waals surface area contributed by atoms with Gasteiger partial charge in [0.2, 0.25) is 9.84 Å². The molecule has 1 fully saturated rings. The normalized spacial score (nSPS) is 17.1. The van der Waals surface area contributed by atoms with Crippen molar-refractivity contribution in [2.75, 3.05) is 22.9 Å². The van der Waals surface area contributed by atoms with Gasteiger partial charge in [0, 0.05) is 17.6 Å². The maximum Gasteiger partial charge on any atom is 0.203 e. The fraction of sp³-hybridized carbons (Fsp3) is 0.393. The number of hydrogen-bond acceptors (Lipinski definition) is 8. The minimum atomic E-state index is -4.01. The zero-order valence-corrected chi connectivity index (χ0v) is 23.8. The molecule has 0 amide bonds. The molecule has 1 aromatic carbocycles. The van der Waals surface area contributed by atoms with Crippen molar-refractivity contribution in [1.29, 1.82) is 0 Å². The summed E-state index contributed by atoms with van der Waals surface area (Å²) in [6.07, 6.45) is 0.848. The lowest BCUT2D eigenvalue weighted by atomic mass is 9.97. The van der Waals surface area contributed by atoms with Gasteiger partial charge in [-0.2, -0.15) is 0 Å². The lowest BCUT2D eigenvalue weighted by Gasteiger charge is -2.34. The predicted molar refractivity (Wildman–Crippen MR) is 151 cm³/mol. The lowest BCUT2D eigenvalue weighted by molar-refractivity contribution is 0.102. The van der Waals surface area contributed by atoms with Crippen LogP contribution in [-0.2, 0) is 9.84 Å². The second-order valence-corrected chi connectivity index (χ2v) is 13.0. The summed E-state index contributed by atoms with van der Waals surface area (Å²) < 4.78 is 31.9. The molecular weight excluding hydrogens is 524 g/mol. The van der Waals surface area contributed by atoms with Gasteiger partial charge in [-0.15, -0.1) is 0 Å². The Balaban J connectivity index is 1.78. The largest absolute Gasteiger partial charge is 0.489 e. The number of Topliss-reactive ketones (excluding diaryl/α,β-unsaturated/α-hetero) is 1. The SMILES string of the molecule is CC1CN(c2nc(-c3ccc(Cl)c(OC(C)C)c3)ccc2C(=O)CS(=O)(=O)c2cccc(N)n2)C(C)(C)C1. The Morgan fingerprint density at radius 3 is 2.55 bits per heavy atom. The Morgan fingerprint density at radius 1 is 1.18 bits per heavy atom. The first-order chi connectivity index (χ1) is 17.8. The van der Waals surface area contributed by atoms with Crippen LogP contribution in [0.1, 0.15) is 51.4 Å². The third kappa shape index (κ3) is 5.94. The molecule has 3 aromatic rings. The van der Waals surface area contributed by atoms with Gasteiger partial charge in [-0.1, -0.05) is 30.7 Å². The van der Waals surface area contributed by atoms with Crippen LogP contribution < -0.4 is 15.4 Å². The molecule has 4 rings (SSSR count). The van der Waals surface area contributed by atoms with Gasteiger partial charge in [-0.05, 0) is 76.4 Å². The number of aromatic nitrogens is 2. The van der Waals surface area contributed by atoms with Crippen LogP contribution >= 0.6 is 11.6 Å². The smallest absolute Gasteiger partial charge is 0.203 e.